The second-order valence-corrected chi connectivity index (χ2v) is 5.40. The van der Waals surface area contributed by atoms with E-state index in [4.69, 9.17) is 5.73 Å². The number of hydrogen-bond acceptors (Lipinski definition) is 2. The molecule has 0 aromatic heterocycles. The molecule has 2 aromatic carbocycles. The number of benzene rings is 2. The summed E-state index contributed by atoms with van der Waals surface area (Å²) in [6.45, 7) is 0. The van der Waals surface area contributed by atoms with Crippen molar-refractivity contribution in [2.75, 3.05) is 4.90 Å². The van der Waals surface area contributed by atoms with Crippen LogP contribution < -0.4 is 10.6 Å². The Morgan fingerprint density at radius 2 is 1.50 bits per heavy atom. The topological polar surface area (TPSA) is 63.4 Å². The van der Waals surface area contributed by atoms with Crippen LogP contribution in [0.3, 0.4) is 0 Å². The summed E-state index contributed by atoms with van der Waals surface area (Å²) in [5.41, 5.74) is 5.39. The number of rotatable bonds is 4. The number of nitrogens with zero attached hydrogens (tertiary/aromatic N) is 1. The zero-order chi connectivity index (χ0) is 15.7. The summed E-state index contributed by atoms with van der Waals surface area (Å²) in [6, 6.07) is 14.5. The fourth-order valence-electron chi connectivity index (χ4n) is 2.46. The highest BCUT2D eigenvalue weighted by Crippen LogP contribution is 2.48. The number of anilines is 2. The molecule has 1 saturated carbocycles. The molecule has 0 heterocycles. The fraction of sp³-hybridized carbons (Fsp3) is 0.176. The normalized spacial score (nSPS) is 15.1. The van der Waals surface area contributed by atoms with Crippen molar-refractivity contribution in [1.29, 1.82) is 0 Å². The quantitative estimate of drug-likeness (QED) is 0.882. The molecule has 1 aliphatic carbocycles. The van der Waals surface area contributed by atoms with Gasteiger partial charge in [-0.3, -0.25) is 14.5 Å². The molecule has 22 heavy (non-hydrogen) atoms. The molecule has 1 fully saturated rings. The predicted molar refractivity (Wildman–Crippen MR) is 80.8 cm³/mol. The van der Waals surface area contributed by atoms with Gasteiger partial charge in [-0.05, 0) is 49.2 Å². The number of primary amides is 1. The highest BCUT2D eigenvalue weighted by molar-refractivity contribution is 6.16. The van der Waals surface area contributed by atoms with E-state index in [1.807, 2.05) is 6.07 Å². The first-order valence-electron chi connectivity index (χ1n) is 7.00. The van der Waals surface area contributed by atoms with E-state index in [0.717, 1.165) is 0 Å². The summed E-state index contributed by atoms with van der Waals surface area (Å²) >= 11 is 0. The van der Waals surface area contributed by atoms with Crippen LogP contribution in [0, 0.1) is 11.2 Å². The van der Waals surface area contributed by atoms with Crippen molar-refractivity contribution >= 4 is 23.2 Å². The molecule has 0 radical (unpaired) electrons. The first-order chi connectivity index (χ1) is 10.5. The van der Waals surface area contributed by atoms with Crippen molar-refractivity contribution < 1.29 is 14.0 Å². The Balaban J connectivity index is 2.06. The Labute approximate surface area is 127 Å². The average molecular weight is 298 g/mol. The second-order valence-electron chi connectivity index (χ2n) is 5.40. The number of hydrogen-bond donors (Lipinski definition) is 1. The molecular weight excluding hydrogens is 283 g/mol. The van der Waals surface area contributed by atoms with E-state index < -0.39 is 11.3 Å². The van der Waals surface area contributed by atoms with Crippen LogP contribution in [-0.4, -0.2) is 11.8 Å². The molecule has 112 valence electrons. The smallest absolute Gasteiger partial charge is 0.247 e. The first-order valence-corrected chi connectivity index (χ1v) is 7.00. The molecule has 0 saturated heterocycles. The molecule has 3 rings (SSSR count). The lowest BCUT2D eigenvalue weighted by atomic mass is 10.0. The lowest BCUT2D eigenvalue weighted by Gasteiger charge is -2.26. The maximum absolute atomic E-state index is 13.2. The maximum atomic E-state index is 13.2. The highest BCUT2D eigenvalue weighted by Gasteiger charge is 2.57. The van der Waals surface area contributed by atoms with Gasteiger partial charge >= 0.3 is 0 Å². The van der Waals surface area contributed by atoms with E-state index >= 15 is 0 Å². The van der Waals surface area contributed by atoms with Crippen molar-refractivity contribution in [1.82, 2.24) is 0 Å². The number of amides is 2. The van der Waals surface area contributed by atoms with E-state index in [-0.39, 0.29) is 11.7 Å². The number of nitrogens with two attached hydrogens (primary N) is 1. The van der Waals surface area contributed by atoms with Crippen LogP contribution in [0.25, 0.3) is 0 Å². The fourth-order valence-corrected chi connectivity index (χ4v) is 2.46. The molecule has 2 N–H and O–H groups in total. The van der Waals surface area contributed by atoms with Gasteiger partial charge in [0.05, 0.1) is 0 Å². The summed E-state index contributed by atoms with van der Waals surface area (Å²) < 4.78 is 13.2. The molecule has 0 bridgehead atoms. The number of halogens is 1. The number of carbonyl (C=O) groups is 2. The summed E-state index contributed by atoms with van der Waals surface area (Å²) in [6.07, 6.45) is 0.900. The third-order valence-corrected chi connectivity index (χ3v) is 3.93. The highest BCUT2D eigenvalue weighted by atomic mass is 19.1. The van der Waals surface area contributed by atoms with E-state index in [1.165, 1.54) is 29.2 Å². The monoisotopic (exact) mass is 298 g/mol. The van der Waals surface area contributed by atoms with E-state index in [0.29, 0.717) is 24.2 Å². The third kappa shape index (κ3) is 2.35. The van der Waals surface area contributed by atoms with Crippen molar-refractivity contribution in [3.05, 3.63) is 60.4 Å². The number of para-hydroxylation sites is 1. The van der Waals surface area contributed by atoms with E-state index in [9.17, 15) is 14.0 Å². The van der Waals surface area contributed by atoms with Gasteiger partial charge in [-0.25, -0.2) is 4.39 Å². The minimum absolute atomic E-state index is 0.363. The van der Waals surface area contributed by atoms with Crippen LogP contribution in [0.2, 0.25) is 0 Å². The summed E-state index contributed by atoms with van der Waals surface area (Å²) in [4.78, 5) is 26.0. The molecule has 0 spiro atoms. The van der Waals surface area contributed by atoms with E-state index in [2.05, 4.69) is 0 Å². The minimum atomic E-state index is -1.13. The van der Waals surface area contributed by atoms with Gasteiger partial charge in [0.1, 0.15) is 11.2 Å². The van der Waals surface area contributed by atoms with Crippen LogP contribution in [0.15, 0.2) is 54.6 Å². The molecule has 1 aliphatic rings. The van der Waals surface area contributed by atoms with Crippen molar-refractivity contribution in [2.45, 2.75) is 12.8 Å². The minimum Gasteiger partial charge on any atom is -0.369 e. The molecule has 0 atom stereocenters. The lowest BCUT2D eigenvalue weighted by molar-refractivity contribution is -0.133. The van der Waals surface area contributed by atoms with Gasteiger partial charge in [-0.2, -0.15) is 0 Å². The Morgan fingerprint density at radius 1 is 0.955 bits per heavy atom. The van der Waals surface area contributed by atoms with Crippen molar-refractivity contribution in [3.63, 3.8) is 0 Å². The predicted octanol–water partition coefficient (Wildman–Crippen LogP) is 2.76. The largest absolute Gasteiger partial charge is 0.369 e. The van der Waals surface area contributed by atoms with E-state index in [1.54, 1.807) is 24.3 Å². The molecule has 2 aromatic rings. The van der Waals surface area contributed by atoms with Crippen molar-refractivity contribution in [3.8, 4) is 0 Å². The second kappa shape index (κ2) is 5.26. The zero-order valence-electron chi connectivity index (χ0n) is 11.8. The molecule has 2 amide bonds. The molecule has 5 heteroatoms. The van der Waals surface area contributed by atoms with Gasteiger partial charge in [-0.15, -0.1) is 0 Å². The van der Waals surface area contributed by atoms with Gasteiger partial charge in [-0.1, -0.05) is 18.2 Å². The van der Waals surface area contributed by atoms with Crippen LogP contribution in [0.5, 0.6) is 0 Å². The number of carbonyl (C=O) groups excluding carboxylic acids is 2. The Bertz CT molecular complexity index is 709. The lowest BCUT2D eigenvalue weighted by Crippen LogP contribution is -2.41. The Hall–Kier alpha value is -2.69. The standard InChI is InChI=1S/C17H15FN2O2/c18-12-6-8-14(9-7-12)20(13-4-2-1-3-5-13)16(22)17(10-11-17)15(19)21/h1-9H,10-11H2,(H2,19,21). The van der Waals surface area contributed by atoms with Gasteiger partial charge in [0, 0.05) is 11.4 Å². The van der Waals surface area contributed by atoms with Gasteiger partial charge in [0.2, 0.25) is 11.8 Å². The zero-order valence-corrected chi connectivity index (χ0v) is 11.8. The van der Waals surface area contributed by atoms with Gasteiger partial charge < -0.3 is 5.73 Å². The van der Waals surface area contributed by atoms with Crippen LogP contribution in [-0.2, 0) is 9.59 Å². The van der Waals surface area contributed by atoms with Crippen LogP contribution in [0.4, 0.5) is 15.8 Å². The summed E-state index contributed by atoms with van der Waals surface area (Å²) in [5, 5.41) is 0. The van der Waals surface area contributed by atoms with Crippen LogP contribution >= 0.6 is 0 Å². The first kappa shape index (κ1) is 14.3. The molecule has 0 unspecified atom stereocenters. The Morgan fingerprint density at radius 3 is 2.00 bits per heavy atom. The molecule has 0 aliphatic heterocycles. The SMILES string of the molecule is NC(=O)C1(C(=O)N(c2ccccc2)c2ccc(F)cc2)CC1. The summed E-state index contributed by atoms with van der Waals surface area (Å²) in [5.74, 6) is -1.36. The molecule has 4 nitrogen and oxygen atoms in total. The average Bonchev–Trinajstić information content (AvgIpc) is 3.32. The van der Waals surface area contributed by atoms with Crippen LogP contribution in [0.1, 0.15) is 12.8 Å². The van der Waals surface area contributed by atoms with Gasteiger partial charge in [0.15, 0.2) is 0 Å². The van der Waals surface area contributed by atoms with Crippen molar-refractivity contribution in [2.24, 2.45) is 11.1 Å². The maximum Gasteiger partial charge on any atom is 0.247 e. The summed E-state index contributed by atoms with van der Waals surface area (Å²) in [7, 11) is 0. The third-order valence-electron chi connectivity index (χ3n) is 3.93. The molecular formula is C17H15FN2O2. The van der Waals surface area contributed by atoms with Gasteiger partial charge in [0.25, 0.3) is 0 Å². The Kier molecular flexibility index (Phi) is 3.41.